The van der Waals surface area contributed by atoms with Crippen LogP contribution in [0.2, 0.25) is 10.0 Å². The largest absolute Gasteiger partial charge is 0.416 e. The first-order valence-corrected chi connectivity index (χ1v) is 6.84. The second-order valence-corrected chi connectivity index (χ2v) is 5.20. The van der Waals surface area contributed by atoms with E-state index in [1.54, 1.807) is 12.1 Å². The maximum Gasteiger partial charge on any atom is 0.416 e. The molecule has 0 heterocycles. The van der Waals surface area contributed by atoms with Gasteiger partial charge in [0.2, 0.25) is 0 Å². The zero-order valence-corrected chi connectivity index (χ0v) is 12.2. The smallest absolute Gasteiger partial charge is 0.166 e. The highest BCUT2D eigenvalue weighted by molar-refractivity contribution is 6.35. The second-order valence-electron chi connectivity index (χ2n) is 4.09. The molecule has 0 aliphatic carbocycles. The van der Waals surface area contributed by atoms with Crippen LogP contribution in [0.4, 0.5) is 13.2 Å². The van der Waals surface area contributed by atoms with Crippen LogP contribution in [-0.4, -0.2) is 0 Å². The SMILES string of the molecule is FC(F)(F)c1cccc(-c2cc(Cl)ccc2Cl)c1CCl. The summed E-state index contributed by atoms with van der Waals surface area (Å²) >= 11 is 17.6. The van der Waals surface area contributed by atoms with Gasteiger partial charge in [0, 0.05) is 21.5 Å². The van der Waals surface area contributed by atoms with Crippen molar-refractivity contribution < 1.29 is 13.2 Å². The number of hydrogen-bond donors (Lipinski definition) is 0. The molecule has 0 aliphatic heterocycles. The Morgan fingerprint density at radius 1 is 0.950 bits per heavy atom. The Balaban J connectivity index is 2.72. The van der Waals surface area contributed by atoms with Gasteiger partial charge in [-0.05, 0) is 35.4 Å². The molecule has 2 aromatic carbocycles. The highest BCUT2D eigenvalue weighted by atomic mass is 35.5. The molecule has 2 aromatic rings. The monoisotopic (exact) mass is 338 g/mol. The van der Waals surface area contributed by atoms with Gasteiger partial charge in [-0.2, -0.15) is 13.2 Å². The lowest BCUT2D eigenvalue weighted by Crippen LogP contribution is -2.09. The number of rotatable bonds is 2. The lowest BCUT2D eigenvalue weighted by Gasteiger charge is -2.16. The van der Waals surface area contributed by atoms with Crippen molar-refractivity contribution >= 4 is 34.8 Å². The molecule has 0 bridgehead atoms. The molecule has 0 aliphatic rings. The third-order valence-electron chi connectivity index (χ3n) is 2.83. The average molecular weight is 340 g/mol. The molecule has 0 amide bonds. The highest BCUT2D eigenvalue weighted by Crippen LogP contribution is 2.40. The third-order valence-corrected chi connectivity index (χ3v) is 3.67. The van der Waals surface area contributed by atoms with E-state index in [1.807, 2.05) is 0 Å². The molecule has 0 aromatic heterocycles. The molecule has 0 nitrogen and oxygen atoms in total. The van der Waals surface area contributed by atoms with Crippen molar-refractivity contribution in [3.05, 3.63) is 57.6 Å². The minimum Gasteiger partial charge on any atom is -0.166 e. The van der Waals surface area contributed by atoms with Gasteiger partial charge in [-0.3, -0.25) is 0 Å². The zero-order chi connectivity index (χ0) is 14.9. The van der Waals surface area contributed by atoms with E-state index in [9.17, 15) is 13.2 Å². The normalized spacial score (nSPS) is 11.7. The van der Waals surface area contributed by atoms with Crippen LogP contribution in [0.5, 0.6) is 0 Å². The Labute approximate surface area is 129 Å². The van der Waals surface area contributed by atoms with E-state index in [-0.39, 0.29) is 11.4 Å². The van der Waals surface area contributed by atoms with Gasteiger partial charge in [0.05, 0.1) is 5.56 Å². The molecule has 0 saturated carbocycles. The van der Waals surface area contributed by atoms with Crippen LogP contribution in [0.25, 0.3) is 11.1 Å². The first kappa shape index (κ1) is 15.5. The summed E-state index contributed by atoms with van der Waals surface area (Å²) in [6.07, 6.45) is -4.47. The number of benzene rings is 2. The summed E-state index contributed by atoms with van der Waals surface area (Å²) in [7, 11) is 0. The number of hydrogen-bond acceptors (Lipinski definition) is 0. The summed E-state index contributed by atoms with van der Waals surface area (Å²) in [4.78, 5) is 0. The summed E-state index contributed by atoms with van der Waals surface area (Å²) in [5.74, 6) is -0.270. The van der Waals surface area contributed by atoms with E-state index < -0.39 is 11.7 Å². The molecular weight excluding hydrogens is 332 g/mol. The molecule has 106 valence electrons. The van der Waals surface area contributed by atoms with E-state index in [4.69, 9.17) is 34.8 Å². The minimum absolute atomic E-state index is 0.00849. The molecule has 6 heteroatoms. The molecular formula is C14H8Cl3F3. The molecule has 20 heavy (non-hydrogen) atoms. The minimum atomic E-state index is -4.47. The maximum absolute atomic E-state index is 13.0. The van der Waals surface area contributed by atoms with Crippen molar-refractivity contribution in [3.8, 4) is 11.1 Å². The fraction of sp³-hybridized carbons (Fsp3) is 0.143. The topological polar surface area (TPSA) is 0 Å². The molecule has 0 radical (unpaired) electrons. The Kier molecular flexibility index (Phi) is 4.52. The van der Waals surface area contributed by atoms with Crippen molar-refractivity contribution in [3.63, 3.8) is 0 Å². The van der Waals surface area contributed by atoms with E-state index in [1.165, 1.54) is 18.2 Å². The first-order valence-electron chi connectivity index (χ1n) is 5.55. The molecule has 0 spiro atoms. The van der Waals surface area contributed by atoms with Crippen LogP contribution in [0.1, 0.15) is 11.1 Å². The van der Waals surface area contributed by atoms with Gasteiger partial charge in [-0.1, -0.05) is 35.3 Å². The predicted molar refractivity (Wildman–Crippen MR) is 76.5 cm³/mol. The summed E-state index contributed by atoms with van der Waals surface area (Å²) in [6, 6.07) is 8.50. The van der Waals surface area contributed by atoms with Crippen molar-refractivity contribution in [1.29, 1.82) is 0 Å². The van der Waals surface area contributed by atoms with Crippen LogP contribution in [0.3, 0.4) is 0 Å². The molecule has 0 N–H and O–H groups in total. The summed E-state index contributed by atoms with van der Waals surface area (Å²) in [5.41, 5.74) is -0.00452. The number of alkyl halides is 4. The molecule has 2 rings (SSSR count). The molecule has 0 unspecified atom stereocenters. The lowest BCUT2D eigenvalue weighted by atomic mass is 9.96. The standard InChI is InChI=1S/C14H8Cl3F3/c15-7-11-9(2-1-3-12(11)14(18,19)20)10-6-8(16)4-5-13(10)17/h1-6H,7H2. The van der Waals surface area contributed by atoms with Crippen LogP contribution in [-0.2, 0) is 12.1 Å². The van der Waals surface area contributed by atoms with Gasteiger partial charge in [-0.15, -0.1) is 11.6 Å². The molecule has 0 fully saturated rings. The second kappa shape index (κ2) is 5.84. The van der Waals surface area contributed by atoms with Gasteiger partial charge < -0.3 is 0 Å². The Morgan fingerprint density at radius 3 is 2.25 bits per heavy atom. The Bertz CT molecular complexity index is 636. The van der Waals surface area contributed by atoms with E-state index in [0.717, 1.165) is 6.07 Å². The van der Waals surface area contributed by atoms with Gasteiger partial charge in [-0.25, -0.2) is 0 Å². The van der Waals surface area contributed by atoms with Crippen molar-refractivity contribution in [2.24, 2.45) is 0 Å². The lowest BCUT2D eigenvalue weighted by molar-refractivity contribution is -0.138. The maximum atomic E-state index is 13.0. The Hall–Kier alpha value is -0.900. The molecule has 0 atom stereocenters. The van der Waals surface area contributed by atoms with Crippen LogP contribution in [0, 0.1) is 0 Å². The number of halogens is 6. The summed E-state index contributed by atoms with van der Waals surface area (Å²) in [5, 5.41) is 0.711. The highest BCUT2D eigenvalue weighted by Gasteiger charge is 2.34. The van der Waals surface area contributed by atoms with Gasteiger partial charge in [0.1, 0.15) is 0 Å². The third kappa shape index (κ3) is 3.05. The van der Waals surface area contributed by atoms with Gasteiger partial charge in [0.25, 0.3) is 0 Å². The van der Waals surface area contributed by atoms with E-state index >= 15 is 0 Å². The van der Waals surface area contributed by atoms with Crippen molar-refractivity contribution in [2.45, 2.75) is 12.1 Å². The van der Waals surface area contributed by atoms with Crippen LogP contribution >= 0.6 is 34.8 Å². The van der Waals surface area contributed by atoms with Gasteiger partial charge in [0.15, 0.2) is 0 Å². The molecule has 0 saturated heterocycles. The summed E-state index contributed by atoms with van der Waals surface area (Å²) in [6.45, 7) is 0. The average Bonchev–Trinajstić information content (AvgIpc) is 2.39. The summed E-state index contributed by atoms with van der Waals surface area (Å²) < 4.78 is 39.0. The van der Waals surface area contributed by atoms with Crippen molar-refractivity contribution in [1.82, 2.24) is 0 Å². The quantitative estimate of drug-likeness (QED) is 0.554. The Morgan fingerprint density at radius 2 is 1.65 bits per heavy atom. The first-order chi connectivity index (χ1) is 9.34. The van der Waals surface area contributed by atoms with E-state index in [2.05, 4.69) is 0 Å². The van der Waals surface area contributed by atoms with Crippen LogP contribution < -0.4 is 0 Å². The fourth-order valence-electron chi connectivity index (χ4n) is 1.95. The van der Waals surface area contributed by atoms with Crippen LogP contribution in [0.15, 0.2) is 36.4 Å². The van der Waals surface area contributed by atoms with Gasteiger partial charge >= 0.3 is 6.18 Å². The predicted octanol–water partition coefficient (Wildman–Crippen LogP) is 6.42. The van der Waals surface area contributed by atoms with E-state index in [0.29, 0.717) is 21.2 Å². The van der Waals surface area contributed by atoms with Crippen molar-refractivity contribution in [2.75, 3.05) is 0 Å². The zero-order valence-electron chi connectivity index (χ0n) is 9.94. The fourth-order valence-corrected chi connectivity index (χ4v) is 2.63.